The highest BCUT2D eigenvalue weighted by Gasteiger charge is 2.41. The molecule has 2 rings (SSSR count). The number of hydrogen-bond acceptors (Lipinski definition) is 4. The predicted molar refractivity (Wildman–Crippen MR) is 60.8 cm³/mol. The third kappa shape index (κ3) is 3.03. The summed E-state index contributed by atoms with van der Waals surface area (Å²) in [5.41, 5.74) is 0. The molecule has 0 aromatic carbocycles. The molecule has 5 nitrogen and oxygen atoms in total. The quantitative estimate of drug-likeness (QED) is 0.723. The minimum Gasteiger partial charge on any atom is -0.596 e. The summed E-state index contributed by atoms with van der Waals surface area (Å²) < 4.78 is 10.7. The van der Waals surface area contributed by atoms with E-state index in [-0.39, 0.29) is 18.0 Å². The molecule has 0 radical (unpaired) electrons. The van der Waals surface area contributed by atoms with Gasteiger partial charge in [0, 0.05) is 5.92 Å². The van der Waals surface area contributed by atoms with Crippen LogP contribution in [-0.4, -0.2) is 29.8 Å². The first-order chi connectivity index (χ1) is 8.08. The number of aliphatic carboxylic acids is 1. The number of carboxylic acid groups (broad SMARTS) is 1. The molecule has 0 aromatic rings. The minimum absolute atomic E-state index is 0.182. The summed E-state index contributed by atoms with van der Waals surface area (Å²) in [5, 5.41) is 12.2. The number of carboxylic acids is 1. The van der Waals surface area contributed by atoms with Crippen molar-refractivity contribution >= 4 is 14.0 Å². The van der Waals surface area contributed by atoms with Crippen LogP contribution in [0.5, 0.6) is 0 Å². The fraction of sp³-hybridized carbons (Fsp3) is 0.909. The number of hydrogen-bond donors (Lipinski definition) is 2. The van der Waals surface area contributed by atoms with Gasteiger partial charge in [-0.1, -0.05) is 4.57 Å². The van der Waals surface area contributed by atoms with Gasteiger partial charge in [0.25, 0.3) is 0 Å². The maximum atomic E-state index is 11.1. The van der Waals surface area contributed by atoms with E-state index in [1.165, 1.54) is 0 Å². The van der Waals surface area contributed by atoms with Gasteiger partial charge >= 0.3 is 14.0 Å². The summed E-state index contributed by atoms with van der Waals surface area (Å²) in [6, 6.07) is -0.435. The van der Waals surface area contributed by atoms with Gasteiger partial charge in [-0.15, -0.1) is 0 Å². The van der Waals surface area contributed by atoms with Gasteiger partial charge in [-0.05, 0) is 44.1 Å². The van der Waals surface area contributed by atoms with Crippen LogP contribution in [0.2, 0.25) is 0 Å². The Balaban J connectivity index is 1.97. The molecule has 0 bridgehead atoms. The van der Waals surface area contributed by atoms with Crippen LogP contribution in [0.15, 0.2) is 0 Å². The summed E-state index contributed by atoms with van der Waals surface area (Å²) in [7, 11) is -2.30. The fourth-order valence-electron chi connectivity index (χ4n) is 3.38. The van der Waals surface area contributed by atoms with Crippen LogP contribution in [0.3, 0.4) is 0 Å². The van der Waals surface area contributed by atoms with E-state index in [1.54, 1.807) is 0 Å². The molecule has 0 aromatic heterocycles. The highest BCUT2D eigenvalue weighted by Crippen LogP contribution is 2.41. The van der Waals surface area contributed by atoms with Crippen LogP contribution in [0.4, 0.5) is 0 Å². The molecule has 2 N–H and O–H groups in total. The van der Waals surface area contributed by atoms with Crippen LogP contribution in [0, 0.1) is 17.8 Å². The Morgan fingerprint density at radius 1 is 1.41 bits per heavy atom. The molecular formula is C11H18NO4P. The van der Waals surface area contributed by atoms with E-state index in [0.717, 1.165) is 32.2 Å². The number of carbonyl (C=O) groups is 1. The minimum atomic E-state index is -2.30. The highest BCUT2D eigenvalue weighted by molar-refractivity contribution is 7.36. The Hall–Kier alpha value is -0.510. The molecule has 2 aliphatic rings. The lowest BCUT2D eigenvalue weighted by Gasteiger charge is -2.42. The SMILES string of the molecule is O=C(O)C1NCCC2CC(C[P+](=O)[O-])CCC21. The van der Waals surface area contributed by atoms with E-state index in [9.17, 15) is 14.3 Å². The van der Waals surface area contributed by atoms with Crippen LogP contribution in [-0.2, 0) is 9.36 Å². The van der Waals surface area contributed by atoms with Crippen molar-refractivity contribution in [2.75, 3.05) is 12.7 Å². The standard InChI is InChI=1S/C11H18NO4P/c13-11(14)10-9-2-1-7(6-17(15)16)5-8(9)3-4-12-10/h7-10,12H,1-6H2,(H,13,14). The van der Waals surface area contributed by atoms with Crippen molar-refractivity contribution in [2.24, 2.45) is 17.8 Å². The first-order valence-electron chi connectivity index (χ1n) is 6.16. The second kappa shape index (κ2) is 5.42. The average molecular weight is 259 g/mol. The molecule has 0 spiro atoms. The van der Waals surface area contributed by atoms with Crippen molar-refractivity contribution in [3.8, 4) is 0 Å². The average Bonchev–Trinajstić information content (AvgIpc) is 2.26. The summed E-state index contributed by atoms with van der Waals surface area (Å²) in [6.07, 6.45) is 3.79. The molecule has 1 aliphatic heterocycles. The topological polar surface area (TPSA) is 89.5 Å². The Morgan fingerprint density at radius 3 is 2.82 bits per heavy atom. The van der Waals surface area contributed by atoms with Gasteiger partial charge in [0.05, 0.1) is 0 Å². The summed E-state index contributed by atoms with van der Waals surface area (Å²) in [6.45, 7) is 0.731. The van der Waals surface area contributed by atoms with Crippen LogP contribution in [0.1, 0.15) is 25.7 Å². The van der Waals surface area contributed by atoms with Crippen molar-refractivity contribution in [3.05, 3.63) is 0 Å². The molecule has 1 saturated carbocycles. The summed E-state index contributed by atoms with van der Waals surface area (Å²) >= 11 is 0. The summed E-state index contributed by atoms with van der Waals surface area (Å²) in [5.74, 6) is 0.0334. The van der Waals surface area contributed by atoms with E-state index in [4.69, 9.17) is 5.11 Å². The van der Waals surface area contributed by atoms with Gasteiger partial charge in [0.1, 0.15) is 12.2 Å². The molecule has 0 amide bonds. The maximum Gasteiger partial charge on any atom is 0.320 e. The smallest absolute Gasteiger partial charge is 0.320 e. The van der Waals surface area contributed by atoms with Crippen molar-refractivity contribution in [1.29, 1.82) is 0 Å². The Bertz CT molecular complexity index is 323. The maximum absolute atomic E-state index is 11.1. The van der Waals surface area contributed by atoms with Crippen molar-refractivity contribution in [1.82, 2.24) is 5.32 Å². The zero-order valence-corrected chi connectivity index (χ0v) is 10.6. The molecule has 1 aliphatic carbocycles. The second-order valence-corrected chi connectivity index (χ2v) is 6.21. The van der Waals surface area contributed by atoms with Crippen LogP contribution in [0.25, 0.3) is 0 Å². The lowest BCUT2D eigenvalue weighted by Crippen LogP contribution is -2.52. The van der Waals surface area contributed by atoms with Crippen LogP contribution < -0.4 is 10.2 Å². The lowest BCUT2D eigenvalue weighted by atomic mass is 9.68. The third-order valence-electron chi connectivity index (χ3n) is 4.13. The van der Waals surface area contributed by atoms with Gasteiger partial charge in [-0.2, -0.15) is 0 Å². The molecule has 96 valence electrons. The second-order valence-electron chi connectivity index (χ2n) is 5.18. The Kier molecular flexibility index (Phi) is 4.13. The van der Waals surface area contributed by atoms with Gasteiger partial charge in [-0.3, -0.25) is 4.79 Å². The van der Waals surface area contributed by atoms with Gasteiger partial charge in [-0.25, -0.2) is 0 Å². The molecule has 6 heteroatoms. The van der Waals surface area contributed by atoms with Gasteiger partial charge < -0.3 is 15.3 Å². The third-order valence-corrected chi connectivity index (χ3v) is 4.95. The molecule has 1 heterocycles. The Labute approximate surface area is 101 Å². The Morgan fingerprint density at radius 2 is 2.18 bits per heavy atom. The van der Waals surface area contributed by atoms with E-state index in [0.29, 0.717) is 5.92 Å². The number of piperidine rings is 1. The van der Waals surface area contributed by atoms with Crippen LogP contribution >= 0.6 is 8.03 Å². The van der Waals surface area contributed by atoms with E-state index < -0.39 is 20.0 Å². The molecule has 5 unspecified atom stereocenters. The molecule has 2 fully saturated rings. The van der Waals surface area contributed by atoms with E-state index in [2.05, 4.69) is 5.32 Å². The normalized spacial score (nSPS) is 38.3. The van der Waals surface area contributed by atoms with Crippen molar-refractivity contribution < 1.29 is 19.4 Å². The fourth-order valence-corrected chi connectivity index (χ4v) is 4.13. The van der Waals surface area contributed by atoms with Gasteiger partial charge in [0.15, 0.2) is 0 Å². The molecular weight excluding hydrogens is 241 g/mol. The number of rotatable bonds is 3. The first-order valence-corrected chi connectivity index (χ1v) is 7.52. The van der Waals surface area contributed by atoms with Crippen molar-refractivity contribution in [2.45, 2.75) is 31.7 Å². The number of fused-ring (bicyclic) bond motifs is 1. The highest BCUT2D eigenvalue weighted by atomic mass is 31.1. The zero-order valence-electron chi connectivity index (χ0n) is 9.67. The molecule has 17 heavy (non-hydrogen) atoms. The van der Waals surface area contributed by atoms with Gasteiger partial charge in [0.2, 0.25) is 0 Å². The van der Waals surface area contributed by atoms with Crippen molar-refractivity contribution in [3.63, 3.8) is 0 Å². The lowest BCUT2D eigenvalue weighted by molar-refractivity contribution is -0.165. The van der Waals surface area contributed by atoms with E-state index >= 15 is 0 Å². The largest absolute Gasteiger partial charge is 0.596 e. The molecule has 1 saturated heterocycles. The van der Waals surface area contributed by atoms with E-state index in [1.807, 2.05) is 0 Å². The number of nitrogens with one attached hydrogen (secondary N) is 1. The summed E-state index contributed by atoms with van der Waals surface area (Å²) in [4.78, 5) is 21.8. The molecule has 5 atom stereocenters. The first kappa shape index (κ1) is 12.9. The monoisotopic (exact) mass is 259 g/mol. The predicted octanol–water partition coefficient (Wildman–Crippen LogP) is 0.568. The zero-order chi connectivity index (χ0) is 12.4.